The molecular formula is C16H16N4O3S. The van der Waals surface area contributed by atoms with Crippen LogP contribution in [0.25, 0.3) is 11.0 Å². The van der Waals surface area contributed by atoms with Crippen molar-refractivity contribution in [2.24, 2.45) is 0 Å². The van der Waals surface area contributed by atoms with E-state index in [1.165, 1.54) is 16.7 Å². The van der Waals surface area contributed by atoms with Gasteiger partial charge in [-0.25, -0.2) is 14.8 Å². The highest BCUT2D eigenvalue weighted by molar-refractivity contribution is 7.09. The summed E-state index contributed by atoms with van der Waals surface area (Å²) in [7, 11) is 0. The maximum Gasteiger partial charge on any atom is 0.355 e. The number of carbonyl (C=O) groups excluding carboxylic acids is 1. The van der Waals surface area contributed by atoms with E-state index in [9.17, 15) is 9.59 Å². The molecule has 1 unspecified atom stereocenters. The lowest BCUT2D eigenvalue weighted by molar-refractivity contribution is -0.123. The fourth-order valence-electron chi connectivity index (χ4n) is 2.38. The van der Waals surface area contributed by atoms with E-state index in [1.54, 1.807) is 6.33 Å². The number of fused-ring (bicyclic) bond motifs is 1. The summed E-state index contributed by atoms with van der Waals surface area (Å²) in [4.78, 5) is 31.4. The Hall–Kier alpha value is -2.74. The van der Waals surface area contributed by atoms with Crippen molar-refractivity contribution in [3.63, 3.8) is 0 Å². The number of carbonyl (C=O) groups is 2. The Morgan fingerprint density at radius 2 is 2.17 bits per heavy atom. The number of amides is 1. The number of benzene rings is 1. The van der Waals surface area contributed by atoms with E-state index in [4.69, 9.17) is 5.11 Å². The van der Waals surface area contributed by atoms with E-state index in [0.29, 0.717) is 18.0 Å². The van der Waals surface area contributed by atoms with E-state index < -0.39 is 5.97 Å². The first-order valence-electron chi connectivity index (χ1n) is 7.43. The first-order chi connectivity index (χ1) is 11.6. The Morgan fingerprint density at radius 1 is 1.38 bits per heavy atom. The second-order valence-electron chi connectivity index (χ2n) is 5.29. The Bertz CT molecular complexity index is 886. The Kier molecular flexibility index (Phi) is 4.57. The van der Waals surface area contributed by atoms with Crippen molar-refractivity contribution >= 4 is 34.2 Å². The predicted octanol–water partition coefficient (Wildman–Crippen LogP) is 2.11. The first-order valence-corrected chi connectivity index (χ1v) is 8.31. The molecule has 2 aromatic heterocycles. The second-order valence-corrected chi connectivity index (χ2v) is 6.23. The summed E-state index contributed by atoms with van der Waals surface area (Å²) in [5, 5.41) is 13.9. The van der Waals surface area contributed by atoms with Crippen LogP contribution >= 0.6 is 11.3 Å². The van der Waals surface area contributed by atoms with Crippen LogP contribution in [0.3, 0.4) is 0 Å². The van der Waals surface area contributed by atoms with Gasteiger partial charge in [-0.3, -0.25) is 4.79 Å². The lowest BCUT2D eigenvalue weighted by Crippen LogP contribution is -2.32. The predicted molar refractivity (Wildman–Crippen MR) is 90.2 cm³/mol. The van der Waals surface area contributed by atoms with E-state index in [0.717, 1.165) is 11.0 Å². The van der Waals surface area contributed by atoms with Gasteiger partial charge in [0.2, 0.25) is 5.91 Å². The van der Waals surface area contributed by atoms with Crippen LogP contribution in [0.4, 0.5) is 0 Å². The largest absolute Gasteiger partial charge is 0.476 e. The molecule has 8 heteroatoms. The van der Waals surface area contributed by atoms with Crippen LogP contribution in [0.15, 0.2) is 36.0 Å². The zero-order valence-corrected chi connectivity index (χ0v) is 13.8. The van der Waals surface area contributed by atoms with Gasteiger partial charge in [-0.1, -0.05) is 12.1 Å². The fourth-order valence-corrected chi connectivity index (χ4v) is 3.15. The Balaban J connectivity index is 1.59. The number of carboxylic acid groups (broad SMARTS) is 1. The third-order valence-electron chi connectivity index (χ3n) is 3.69. The molecule has 2 N–H and O–H groups in total. The van der Waals surface area contributed by atoms with E-state index in [1.807, 2.05) is 35.8 Å². The minimum Gasteiger partial charge on any atom is -0.476 e. The number of nitrogens with one attached hydrogen (secondary N) is 1. The average molecular weight is 344 g/mol. The average Bonchev–Trinajstić information content (AvgIpc) is 3.21. The Morgan fingerprint density at radius 3 is 2.92 bits per heavy atom. The minimum atomic E-state index is -1.04. The highest BCUT2D eigenvalue weighted by Crippen LogP contribution is 2.17. The molecule has 0 radical (unpaired) electrons. The van der Waals surface area contributed by atoms with E-state index in [2.05, 4.69) is 15.3 Å². The van der Waals surface area contributed by atoms with Crippen molar-refractivity contribution in [3.05, 3.63) is 46.7 Å². The quantitative estimate of drug-likeness (QED) is 0.714. The molecule has 7 nitrogen and oxygen atoms in total. The number of imidazole rings is 1. The topological polar surface area (TPSA) is 97.1 Å². The maximum absolute atomic E-state index is 12.3. The molecule has 1 atom stereocenters. The molecule has 24 heavy (non-hydrogen) atoms. The molecule has 0 aliphatic rings. The smallest absolute Gasteiger partial charge is 0.355 e. The van der Waals surface area contributed by atoms with Crippen molar-refractivity contribution < 1.29 is 14.7 Å². The zero-order valence-electron chi connectivity index (χ0n) is 13.0. The van der Waals surface area contributed by atoms with Crippen LogP contribution in [0, 0.1) is 0 Å². The number of thiazole rings is 1. The van der Waals surface area contributed by atoms with Crippen LogP contribution in [0.5, 0.6) is 0 Å². The molecule has 3 aromatic rings. The zero-order chi connectivity index (χ0) is 17.1. The van der Waals surface area contributed by atoms with E-state index >= 15 is 0 Å². The van der Waals surface area contributed by atoms with Crippen molar-refractivity contribution in [3.8, 4) is 0 Å². The molecule has 1 aromatic carbocycles. The van der Waals surface area contributed by atoms with Crippen molar-refractivity contribution in [2.75, 3.05) is 6.54 Å². The molecule has 2 heterocycles. The standard InChI is InChI=1S/C16H16N4O3S/c1-10(20-9-18-11-4-2-3-5-13(11)20)15(21)17-7-6-14-19-12(8-24-14)16(22)23/h2-5,8-10H,6-7H2,1H3,(H,17,21)(H,22,23). The summed E-state index contributed by atoms with van der Waals surface area (Å²) in [6, 6.07) is 7.26. The fraction of sp³-hybridized carbons (Fsp3) is 0.250. The van der Waals surface area contributed by atoms with Gasteiger partial charge in [0.1, 0.15) is 6.04 Å². The number of nitrogens with zero attached hydrogens (tertiary/aromatic N) is 3. The third kappa shape index (κ3) is 3.28. The minimum absolute atomic E-state index is 0.0413. The maximum atomic E-state index is 12.3. The van der Waals surface area contributed by atoms with Gasteiger partial charge < -0.3 is 15.0 Å². The van der Waals surface area contributed by atoms with E-state index in [-0.39, 0.29) is 17.6 Å². The van der Waals surface area contributed by atoms with Crippen LogP contribution in [0.2, 0.25) is 0 Å². The highest BCUT2D eigenvalue weighted by atomic mass is 32.1. The van der Waals surface area contributed by atoms with Crippen molar-refractivity contribution in [1.29, 1.82) is 0 Å². The third-order valence-corrected chi connectivity index (χ3v) is 4.60. The number of aromatic nitrogens is 3. The van der Waals surface area contributed by atoms with Gasteiger partial charge in [0.15, 0.2) is 5.69 Å². The number of para-hydroxylation sites is 2. The van der Waals surface area contributed by atoms with Gasteiger partial charge in [0.05, 0.1) is 22.4 Å². The van der Waals surface area contributed by atoms with Gasteiger partial charge in [0, 0.05) is 18.3 Å². The molecule has 124 valence electrons. The first kappa shape index (κ1) is 16.1. The lowest BCUT2D eigenvalue weighted by atomic mass is 10.2. The number of aromatic carboxylic acids is 1. The summed E-state index contributed by atoms with van der Waals surface area (Å²) < 4.78 is 1.83. The van der Waals surface area contributed by atoms with Gasteiger partial charge in [-0.15, -0.1) is 11.3 Å². The summed E-state index contributed by atoms with van der Waals surface area (Å²) in [5.41, 5.74) is 1.80. The monoisotopic (exact) mass is 344 g/mol. The molecule has 3 rings (SSSR count). The normalized spacial score (nSPS) is 12.2. The van der Waals surface area contributed by atoms with Crippen molar-refractivity contribution in [1.82, 2.24) is 19.9 Å². The number of hydrogen-bond donors (Lipinski definition) is 2. The molecule has 0 saturated carbocycles. The summed E-state index contributed by atoms with van der Waals surface area (Å²) in [6.07, 6.45) is 2.16. The van der Waals surface area contributed by atoms with Gasteiger partial charge in [0.25, 0.3) is 0 Å². The van der Waals surface area contributed by atoms with Crippen LogP contribution < -0.4 is 5.32 Å². The summed E-state index contributed by atoms with van der Waals surface area (Å²) >= 11 is 1.28. The molecule has 0 aliphatic carbocycles. The molecule has 0 aliphatic heterocycles. The summed E-state index contributed by atoms with van der Waals surface area (Å²) in [5.74, 6) is -1.16. The van der Waals surface area contributed by atoms with Gasteiger partial charge in [-0.2, -0.15) is 0 Å². The number of hydrogen-bond acceptors (Lipinski definition) is 5. The second kappa shape index (κ2) is 6.79. The summed E-state index contributed by atoms with van der Waals surface area (Å²) in [6.45, 7) is 2.22. The molecule has 0 spiro atoms. The van der Waals surface area contributed by atoms with Gasteiger partial charge >= 0.3 is 5.97 Å². The molecule has 1 amide bonds. The lowest BCUT2D eigenvalue weighted by Gasteiger charge is -2.14. The van der Waals surface area contributed by atoms with Crippen molar-refractivity contribution in [2.45, 2.75) is 19.4 Å². The highest BCUT2D eigenvalue weighted by Gasteiger charge is 2.17. The van der Waals surface area contributed by atoms with Crippen LogP contribution in [-0.2, 0) is 11.2 Å². The molecular weight excluding hydrogens is 328 g/mol. The Labute approximate surface area is 142 Å². The number of carboxylic acids is 1. The van der Waals surface area contributed by atoms with Gasteiger partial charge in [-0.05, 0) is 19.1 Å². The van der Waals surface area contributed by atoms with Crippen LogP contribution in [0.1, 0.15) is 28.5 Å². The molecule has 0 fully saturated rings. The molecule has 0 saturated heterocycles. The molecule has 0 bridgehead atoms. The SMILES string of the molecule is CC(C(=O)NCCc1nc(C(=O)O)cs1)n1cnc2ccccc21. The number of rotatable bonds is 6. The van der Waals surface area contributed by atoms with Crippen LogP contribution in [-0.4, -0.2) is 38.1 Å².